The Hall–Kier alpha value is -1.35. The van der Waals surface area contributed by atoms with Crippen molar-refractivity contribution in [3.63, 3.8) is 0 Å². The zero-order valence-corrected chi connectivity index (χ0v) is 11.8. The Bertz CT molecular complexity index is 441. The summed E-state index contributed by atoms with van der Waals surface area (Å²) in [6.07, 6.45) is 9.61. The summed E-state index contributed by atoms with van der Waals surface area (Å²) in [5.41, 5.74) is 1.63. The molecule has 1 unspecified atom stereocenters. The van der Waals surface area contributed by atoms with Crippen molar-refractivity contribution in [1.82, 2.24) is 9.88 Å². The minimum absolute atomic E-state index is 0.522. The van der Waals surface area contributed by atoms with Crippen LogP contribution in [0.5, 0.6) is 0 Å². The van der Waals surface area contributed by atoms with E-state index in [0.29, 0.717) is 6.04 Å². The smallest absolute Gasteiger partial charge is 0.129 e. The summed E-state index contributed by atoms with van der Waals surface area (Å²) in [4.78, 5) is 9.49. The Balaban J connectivity index is 1.86. The van der Waals surface area contributed by atoms with Gasteiger partial charge in [0.25, 0.3) is 0 Å². The molecule has 3 rings (SSSR count). The van der Waals surface area contributed by atoms with E-state index in [4.69, 9.17) is 0 Å². The number of hydrogen-bond donors (Lipinski definition) is 0. The monoisotopic (exact) mass is 257 g/mol. The molecule has 0 bridgehead atoms. The maximum Gasteiger partial charge on any atom is 0.129 e. The lowest BCUT2D eigenvalue weighted by atomic mass is 9.91. The topological polar surface area (TPSA) is 19.4 Å². The van der Waals surface area contributed by atoms with Gasteiger partial charge in [-0.1, -0.05) is 17.7 Å². The maximum atomic E-state index is 4.55. The highest BCUT2D eigenvalue weighted by Crippen LogP contribution is 2.28. The molecule has 0 saturated carbocycles. The van der Waals surface area contributed by atoms with Crippen molar-refractivity contribution in [2.75, 3.05) is 31.6 Å². The number of piperazine rings is 1. The van der Waals surface area contributed by atoms with E-state index in [1.54, 1.807) is 5.57 Å². The normalized spacial score (nSPS) is 25.2. The van der Waals surface area contributed by atoms with Gasteiger partial charge in [-0.15, -0.1) is 0 Å². The number of nitrogens with zero attached hydrogens (tertiary/aromatic N) is 3. The molecule has 0 radical (unpaired) electrons. The molecule has 1 aliphatic carbocycles. The van der Waals surface area contributed by atoms with Crippen LogP contribution >= 0.6 is 0 Å². The number of hydrogen-bond acceptors (Lipinski definition) is 3. The Morgan fingerprint density at radius 2 is 2.16 bits per heavy atom. The van der Waals surface area contributed by atoms with Crippen LogP contribution in [0.1, 0.15) is 25.7 Å². The lowest BCUT2D eigenvalue weighted by molar-refractivity contribution is 0.277. The number of pyridine rings is 1. The summed E-state index contributed by atoms with van der Waals surface area (Å²) >= 11 is 0. The molecule has 1 aromatic heterocycles. The van der Waals surface area contributed by atoms with Gasteiger partial charge >= 0.3 is 0 Å². The molecule has 19 heavy (non-hydrogen) atoms. The molecule has 1 atom stereocenters. The summed E-state index contributed by atoms with van der Waals surface area (Å²) in [6, 6.07) is 6.75. The quantitative estimate of drug-likeness (QED) is 0.759. The number of allylic oxidation sites excluding steroid dienone is 1. The molecule has 0 aromatic carbocycles. The highest BCUT2D eigenvalue weighted by molar-refractivity contribution is 5.43. The summed E-state index contributed by atoms with van der Waals surface area (Å²) < 4.78 is 0. The van der Waals surface area contributed by atoms with Crippen molar-refractivity contribution in [3.8, 4) is 0 Å². The molecule has 1 aromatic rings. The standard InChI is InChI=1S/C16H23N3/c1-18-11-12-19(16-9-5-6-10-17-16)15(13-18)14-7-3-2-4-8-14/h5-7,9-10,15H,2-4,8,11-13H2,1H3. The second-order valence-electron chi connectivity index (χ2n) is 5.68. The largest absolute Gasteiger partial charge is 0.347 e. The highest BCUT2D eigenvalue weighted by atomic mass is 15.3. The van der Waals surface area contributed by atoms with Crippen LogP contribution in [0.15, 0.2) is 36.0 Å². The first kappa shape index (κ1) is 12.7. The zero-order valence-electron chi connectivity index (χ0n) is 11.8. The van der Waals surface area contributed by atoms with Crippen molar-refractivity contribution in [1.29, 1.82) is 0 Å². The summed E-state index contributed by atoms with van der Waals surface area (Å²) in [5.74, 6) is 1.13. The van der Waals surface area contributed by atoms with E-state index in [1.165, 1.54) is 25.7 Å². The zero-order chi connectivity index (χ0) is 13.1. The molecule has 102 valence electrons. The van der Waals surface area contributed by atoms with Crippen LogP contribution in [0, 0.1) is 0 Å². The van der Waals surface area contributed by atoms with E-state index in [0.717, 1.165) is 25.5 Å². The Kier molecular flexibility index (Phi) is 3.83. The van der Waals surface area contributed by atoms with Gasteiger partial charge in [0.2, 0.25) is 0 Å². The summed E-state index contributed by atoms with van der Waals surface area (Å²) in [5, 5.41) is 0. The minimum atomic E-state index is 0.522. The van der Waals surface area contributed by atoms with Crippen molar-refractivity contribution in [2.45, 2.75) is 31.7 Å². The van der Waals surface area contributed by atoms with Crippen LogP contribution in [0.4, 0.5) is 5.82 Å². The van der Waals surface area contributed by atoms with Gasteiger partial charge in [0.1, 0.15) is 5.82 Å². The SMILES string of the molecule is CN1CCN(c2ccccn2)C(C2=CCCCC2)C1. The molecule has 0 N–H and O–H groups in total. The number of anilines is 1. The van der Waals surface area contributed by atoms with Crippen LogP contribution in [0.25, 0.3) is 0 Å². The second kappa shape index (κ2) is 5.74. The van der Waals surface area contributed by atoms with Crippen molar-refractivity contribution in [3.05, 3.63) is 36.0 Å². The van der Waals surface area contributed by atoms with E-state index < -0.39 is 0 Å². The van der Waals surface area contributed by atoms with Gasteiger partial charge in [-0.3, -0.25) is 0 Å². The maximum absolute atomic E-state index is 4.55. The van der Waals surface area contributed by atoms with Crippen molar-refractivity contribution in [2.24, 2.45) is 0 Å². The van der Waals surface area contributed by atoms with Crippen LogP contribution < -0.4 is 4.90 Å². The fourth-order valence-electron chi connectivity index (χ4n) is 3.20. The van der Waals surface area contributed by atoms with Gasteiger partial charge in [-0.2, -0.15) is 0 Å². The Morgan fingerprint density at radius 1 is 1.21 bits per heavy atom. The van der Waals surface area contributed by atoms with E-state index in [-0.39, 0.29) is 0 Å². The van der Waals surface area contributed by atoms with E-state index >= 15 is 0 Å². The van der Waals surface area contributed by atoms with Gasteiger partial charge < -0.3 is 9.80 Å². The van der Waals surface area contributed by atoms with Gasteiger partial charge in [0.05, 0.1) is 6.04 Å². The minimum Gasteiger partial charge on any atom is -0.347 e. The first-order valence-corrected chi connectivity index (χ1v) is 7.40. The van der Waals surface area contributed by atoms with Gasteiger partial charge in [-0.05, 0) is 44.9 Å². The number of likely N-dealkylation sites (N-methyl/N-ethyl adjacent to an activating group) is 1. The predicted octanol–water partition coefficient (Wildman–Crippen LogP) is 2.70. The molecule has 1 fully saturated rings. The molecular formula is C16H23N3. The Labute approximate surface area is 115 Å². The molecule has 1 saturated heterocycles. The van der Waals surface area contributed by atoms with Gasteiger partial charge in [-0.25, -0.2) is 4.98 Å². The summed E-state index contributed by atoms with van der Waals surface area (Å²) in [6.45, 7) is 3.33. The fraction of sp³-hybridized carbons (Fsp3) is 0.562. The van der Waals surface area contributed by atoms with Crippen LogP contribution in [-0.2, 0) is 0 Å². The molecule has 2 heterocycles. The van der Waals surface area contributed by atoms with E-state index in [9.17, 15) is 0 Å². The number of aromatic nitrogens is 1. The molecule has 2 aliphatic rings. The van der Waals surface area contributed by atoms with Crippen LogP contribution in [-0.4, -0.2) is 42.6 Å². The molecule has 3 nitrogen and oxygen atoms in total. The van der Waals surface area contributed by atoms with E-state index in [2.05, 4.69) is 40.0 Å². The Morgan fingerprint density at radius 3 is 2.89 bits per heavy atom. The molecular weight excluding hydrogens is 234 g/mol. The summed E-state index contributed by atoms with van der Waals surface area (Å²) in [7, 11) is 2.23. The third-order valence-electron chi connectivity index (χ3n) is 4.28. The molecule has 0 spiro atoms. The van der Waals surface area contributed by atoms with E-state index in [1.807, 2.05) is 12.3 Å². The lowest BCUT2D eigenvalue weighted by Crippen LogP contribution is -2.53. The van der Waals surface area contributed by atoms with Gasteiger partial charge in [0.15, 0.2) is 0 Å². The first-order valence-electron chi connectivity index (χ1n) is 7.40. The average Bonchev–Trinajstić information content (AvgIpc) is 2.49. The second-order valence-corrected chi connectivity index (χ2v) is 5.68. The third kappa shape index (κ3) is 2.81. The highest BCUT2D eigenvalue weighted by Gasteiger charge is 2.29. The van der Waals surface area contributed by atoms with Crippen molar-refractivity contribution >= 4 is 5.82 Å². The molecule has 3 heteroatoms. The third-order valence-corrected chi connectivity index (χ3v) is 4.28. The van der Waals surface area contributed by atoms with Gasteiger partial charge in [0, 0.05) is 25.8 Å². The van der Waals surface area contributed by atoms with Crippen molar-refractivity contribution < 1.29 is 0 Å². The fourth-order valence-corrected chi connectivity index (χ4v) is 3.20. The molecule has 1 aliphatic heterocycles. The average molecular weight is 257 g/mol. The predicted molar refractivity (Wildman–Crippen MR) is 79.4 cm³/mol. The van der Waals surface area contributed by atoms with Crippen LogP contribution in [0.2, 0.25) is 0 Å². The number of rotatable bonds is 2. The lowest BCUT2D eigenvalue weighted by Gasteiger charge is -2.42. The van der Waals surface area contributed by atoms with Crippen LogP contribution in [0.3, 0.4) is 0 Å². The first-order chi connectivity index (χ1) is 9.34. The molecule has 0 amide bonds.